The maximum absolute atomic E-state index is 13.7. The summed E-state index contributed by atoms with van der Waals surface area (Å²) in [5, 5.41) is 19.2. The van der Waals surface area contributed by atoms with E-state index in [2.05, 4.69) is 56.4 Å². The van der Waals surface area contributed by atoms with Gasteiger partial charge in [-0.05, 0) is 12.1 Å². The second-order valence-corrected chi connectivity index (χ2v) is 16.3. The number of hydrogen-bond donors (Lipinski definition) is 3. The van der Waals surface area contributed by atoms with E-state index in [4.69, 9.17) is 14.9 Å². The van der Waals surface area contributed by atoms with Crippen LogP contribution in [0.3, 0.4) is 0 Å². The van der Waals surface area contributed by atoms with Crippen molar-refractivity contribution in [2.45, 2.75) is 112 Å². The van der Waals surface area contributed by atoms with Gasteiger partial charge in [0.05, 0.1) is 12.8 Å². The van der Waals surface area contributed by atoms with E-state index in [1.165, 1.54) is 90.4 Å². The molecular formula is C40H50NNaO6. The summed E-state index contributed by atoms with van der Waals surface area (Å²) >= 11 is 1.27. The molecular weight excluding hydrogens is 613 g/mol. The summed E-state index contributed by atoms with van der Waals surface area (Å²) in [6.07, 6.45) is 12.2. The van der Waals surface area contributed by atoms with E-state index in [9.17, 15) is 14.4 Å². The van der Waals surface area contributed by atoms with E-state index in [-0.39, 0.29) is 30.1 Å². The summed E-state index contributed by atoms with van der Waals surface area (Å²) < 4.78 is 7.03. The molecule has 1 fully saturated rings. The second kappa shape index (κ2) is 18.0. The van der Waals surface area contributed by atoms with Crippen LogP contribution in [0.2, 0.25) is 3.17 Å². The van der Waals surface area contributed by atoms with E-state index in [1.807, 2.05) is 36.4 Å². The van der Waals surface area contributed by atoms with Gasteiger partial charge in [0.25, 0.3) is 0 Å². The zero-order chi connectivity index (χ0) is 34.7. The molecule has 1 amide bonds. The minimum Gasteiger partial charge on any atom is -0.481 e. The van der Waals surface area contributed by atoms with Gasteiger partial charge in [0.15, 0.2) is 0 Å². The number of ether oxygens (including phenoxy) is 1. The molecule has 0 radical (unpaired) electrons. The Morgan fingerprint density at radius 3 is 1.96 bits per heavy atom. The number of benzene rings is 3. The number of carboxylic acids is 2. The fraction of sp³-hybridized carbons (Fsp3) is 0.475. The average molecular weight is 664 g/mol. The van der Waals surface area contributed by atoms with Crippen LogP contribution in [0.1, 0.15) is 120 Å². The van der Waals surface area contributed by atoms with Crippen molar-refractivity contribution in [2.75, 3.05) is 5.32 Å². The van der Waals surface area contributed by atoms with Crippen molar-refractivity contribution in [3.8, 4) is 11.5 Å². The van der Waals surface area contributed by atoms with E-state index in [0.29, 0.717) is 6.42 Å². The second-order valence-electron chi connectivity index (χ2n) is 14.6. The molecule has 0 saturated heterocycles. The number of hydrogen-bond acceptors (Lipinski definition) is 4. The molecule has 2 aliphatic rings. The standard InChI is InChI=1S/C36H44NO2.C4H6O4.Na/c1-36(2,3)31-23-22-27(17-9-8-16-26-14-6-4-5-7-15-26)24-32(31)37-35(38)25-30-28-18-10-12-20-33(28)39-34-21-13-11-19-29(30)34;5-3(6)1-2-4(7)8;/h8,10-13,18-24,26,30H,4-7,9,14-17,25H2,1-3H3,(H,37,38);1-2H2,(H,5,6)(H,7,8);. The molecule has 0 aromatic heterocycles. The van der Waals surface area contributed by atoms with Gasteiger partial charge < -0.3 is 14.9 Å². The van der Waals surface area contributed by atoms with Crippen molar-refractivity contribution < 1.29 is 29.3 Å². The van der Waals surface area contributed by atoms with Gasteiger partial charge in [-0.2, -0.15) is 0 Å². The predicted molar refractivity (Wildman–Crippen MR) is 191 cm³/mol. The number of amides is 1. The third-order valence-electron chi connectivity index (χ3n) is 9.55. The summed E-state index contributed by atoms with van der Waals surface area (Å²) in [6, 6.07) is 23.0. The van der Waals surface area contributed by atoms with Crippen molar-refractivity contribution in [3.63, 3.8) is 0 Å². The molecule has 0 spiro atoms. The molecule has 1 saturated carbocycles. The van der Waals surface area contributed by atoms with Crippen LogP contribution < -0.4 is 10.1 Å². The number of carbonyl (C=O) groups is 3. The fourth-order valence-corrected chi connectivity index (χ4v) is 7.99. The minimum absolute atomic E-state index is 0.0304. The van der Waals surface area contributed by atoms with Gasteiger partial charge in [-0.25, -0.2) is 0 Å². The van der Waals surface area contributed by atoms with Gasteiger partial charge in [-0.1, -0.05) is 24.3 Å². The molecule has 3 aromatic carbocycles. The molecule has 7 nitrogen and oxygen atoms in total. The Morgan fingerprint density at radius 1 is 0.854 bits per heavy atom. The number of para-hydroxylation sites is 2. The van der Waals surface area contributed by atoms with Gasteiger partial charge in [0.1, 0.15) is 0 Å². The van der Waals surface area contributed by atoms with Crippen LogP contribution in [0.4, 0.5) is 5.69 Å². The first-order valence-electron chi connectivity index (χ1n) is 17.6. The number of anilines is 1. The van der Waals surface area contributed by atoms with Crippen molar-refractivity contribution in [2.24, 2.45) is 5.92 Å². The number of carboxylic acid groups (broad SMARTS) is 2. The van der Waals surface area contributed by atoms with Gasteiger partial charge >= 0.3 is 231 Å². The Bertz CT molecular complexity index is 1480. The van der Waals surface area contributed by atoms with Gasteiger partial charge in [-0.15, -0.1) is 0 Å². The predicted octanol–water partition coefficient (Wildman–Crippen LogP) is 9.44. The molecule has 1 unspecified atom stereocenters. The Labute approximate surface area is 303 Å². The third kappa shape index (κ3) is 11.5. The first kappa shape index (κ1) is 37.7. The Kier molecular flexibility index (Phi) is 14.2. The van der Waals surface area contributed by atoms with Crippen LogP contribution in [0, 0.1) is 5.92 Å². The van der Waals surface area contributed by atoms with E-state index in [0.717, 1.165) is 43.8 Å². The van der Waals surface area contributed by atoms with Crippen LogP contribution in [0.25, 0.3) is 0 Å². The molecule has 252 valence electrons. The minimum atomic E-state index is -1.08. The van der Waals surface area contributed by atoms with Gasteiger partial charge in [-0.3, -0.25) is 9.59 Å². The fourth-order valence-electron chi connectivity index (χ4n) is 7.03. The molecule has 3 N–H and O–H groups in total. The van der Waals surface area contributed by atoms with Crippen LogP contribution in [-0.4, -0.2) is 56.0 Å². The summed E-state index contributed by atoms with van der Waals surface area (Å²) in [6.45, 7) is 6.68. The van der Waals surface area contributed by atoms with Gasteiger partial charge in [0.2, 0.25) is 0 Å². The molecule has 0 bridgehead atoms. The monoisotopic (exact) mass is 663 g/mol. The molecule has 8 heteroatoms. The smallest absolute Gasteiger partial charge is 0.303 e. The first-order chi connectivity index (χ1) is 22.9. The molecule has 1 aliphatic carbocycles. The maximum atomic E-state index is 13.7. The SMILES string of the molecule is CC(C)(C)c1ccc(CC[CH]([Na])CC2CCCCCC2)cc1NC(=O)CC1c2ccccc2Oc2ccccc21.O=C(O)CCC(=O)O. The largest absolute Gasteiger partial charge is 0.481 e. The zero-order valence-electron chi connectivity index (χ0n) is 29.1. The molecule has 48 heavy (non-hydrogen) atoms. The summed E-state index contributed by atoms with van der Waals surface area (Å²) in [5.74, 6) is 0.504. The molecule has 1 heterocycles. The van der Waals surface area contributed by atoms with Crippen molar-refractivity contribution >= 4 is 51.5 Å². The maximum Gasteiger partial charge on any atom is 0.303 e. The van der Waals surface area contributed by atoms with Crippen molar-refractivity contribution in [1.82, 2.24) is 0 Å². The molecule has 1 aliphatic heterocycles. The van der Waals surface area contributed by atoms with Crippen molar-refractivity contribution in [1.29, 1.82) is 0 Å². The van der Waals surface area contributed by atoms with Crippen LogP contribution in [-0.2, 0) is 26.2 Å². The topological polar surface area (TPSA) is 113 Å². The molecule has 3 aromatic rings. The number of aryl methyl sites for hydroxylation is 1. The summed E-state index contributed by atoms with van der Waals surface area (Å²) in [4.78, 5) is 32.9. The number of aliphatic carboxylic acids is 2. The first-order valence-corrected chi connectivity index (χ1v) is 18.8. The van der Waals surface area contributed by atoms with Crippen LogP contribution >= 0.6 is 0 Å². The zero-order valence-corrected chi connectivity index (χ0v) is 31.1. The Hall–Kier alpha value is -3.13. The quantitative estimate of drug-likeness (QED) is 0.139. The average Bonchev–Trinajstić information content (AvgIpc) is 3.31. The van der Waals surface area contributed by atoms with Gasteiger partial charge in [0, 0.05) is 0 Å². The summed E-state index contributed by atoms with van der Waals surface area (Å²) in [7, 11) is 0. The van der Waals surface area contributed by atoms with Crippen LogP contribution in [0.5, 0.6) is 11.5 Å². The van der Waals surface area contributed by atoms with E-state index >= 15 is 0 Å². The molecule has 1 atom stereocenters. The normalized spacial score (nSPS) is 15.4. The number of nitrogens with one attached hydrogen (secondary N) is 1. The number of carbonyl (C=O) groups excluding carboxylic acids is 1. The molecule has 5 rings (SSSR count). The van der Waals surface area contributed by atoms with E-state index in [1.54, 1.807) is 0 Å². The number of rotatable bonds is 11. The summed E-state index contributed by atoms with van der Waals surface area (Å²) in [5.41, 5.74) is 5.60. The van der Waals surface area contributed by atoms with Crippen LogP contribution in [0.15, 0.2) is 66.7 Å². The third-order valence-corrected chi connectivity index (χ3v) is 10.6. The Morgan fingerprint density at radius 2 is 1.42 bits per heavy atom. The van der Waals surface area contributed by atoms with E-state index < -0.39 is 11.9 Å². The Balaban J connectivity index is 0.000000579. The number of fused-ring (bicyclic) bond motifs is 2. The van der Waals surface area contributed by atoms with Crippen molar-refractivity contribution in [3.05, 3.63) is 89.0 Å².